The Labute approximate surface area is 131 Å². The molecule has 0 amide bonds. The topological polar surface area (TPSA) is 110 Å². The summed E-state index contributed by atoms with van der Waals surface area (Å²) in [7, 11) is 1.39. The maximum absolute atomic E-state index is 11.5. The predicted molar refractivity (Wildman–Crippen MR) is 83.3 cm³/mol. The molecule has 7 nitrogen and oxygen atoms in total. The van der Waals surface area contributed by atoms with E-state index in [4.69, 9.17) is 4.74 Å². The predicted octanol–water partition coefficient (Wildman–Crippen LogP) is 2.93. The zero-order chi connectivity index (χ0) is 17.0. The Hall–Kier alpha value is -3.35. The number of methoxy groups -OCH3 is 1. The van der Waals surface area contributed by atoms with Gasteiger partial charge in [-0.15, -0.1) is 0 Å². The molecule has 0 aliphatic carbocycles. The summed E-state index contributed by atoms with van der Waals surface area (Å²) in [6.07, 6.45) is 1.39. The summed E-state index contributed by atoms with van der Waals surface area (Å²) in [5.41, 5.74) is 0.683. The number of carbonyl (C=O) groups is 1. The Morgan fingerprint density at radius 3 is 2.39 bits per heavy atom. The highest BCUT2D eigenvalue weighted by Gasteiger charge is 2.13. The fourth-order valence-corrected chi connectivity index (χ4v) is 1.98. The van der Waals surface area contributed by atoms with E-state index in [0.29, 0.717) is 11.1 Å². The number of carboxylic acids is 1. The fourth-order valence-electron chi connectivity index (χ4n) is 1.98. The second kappa shape index (κ2) is 6.61. The monoisotopic (exact) mass is 315 g/mol. The molecule has 0 spiro atoms. The Balaban J connectivity index is 2.45. The van der Waals surface area contributed by atoms with Gasteiger partial charge in [-0.2, -0.15) is 0 Å². The first-order chi connectivity index (χ1) is 10.9. The van der Waals surface area contributed by atoms with Crippen LogP contribution in [-0.2, 0) is 4.79 Å². The van der Waals surface area contributed by atoms with Crippen molar-refractivity contribution in [2.24, 2.45) is 0 Å². The first-order valence-electron chi connectivity index (χ1n) is 6.49. The number of non-ortho nitro benzene ring substituents is 1. The number of phenols is 1. The van der Waals surface area contributed by atoms with Crippen molar-refractivity contribution < 1.29 is 24.7 Å². The van der Waals surface area contributed by atoms with E-state index in [2.05, 4.69) is 0 Å². The largest absolute Gasteiger partial charge is 0.504 e. The standard InChI is InChI=1S/C16H13NO6/c1-23-15-9-10(2-7-14(15)18)8-13(16(19)20)11-3-5-12(6-4-11)17(21)22/h2-9,18H,1H3,(H,19,20)/b13-8-. The van der Waals surface area contributed by atoms with Crippen LogP contribution >= 0.6 is 0 Å². The maximum atomic E-state index is 11.5. The molecule has 0 aliphatic rings. The van der Waals surface area contributed by atoms with Crippen molar-refractivity contribution in [1.82, 2.24) is 0 Å². The van der Waals surface area contributed by atoms with Crippen LogP contribution in [0.1, 0.15) is 11.1 Å². The summed E-state index contributed by atoms with van der Waals surface area (Å²) in [5.74, 6) is -1.02. The van der Waals surface area contributed by atoms with Gasteiger partial charge in [0.25, 0.3) is 5.69 Å². The van der Waals surface area contributed by atoms with E-state index in [-0.39, 0.29) is 22.8 Å². The quantitative estimate of drug-likeness (QED) is 0.380. The minimum Gasteiger partial charge on any atom is -0.504 e. The molecule has 0 aliphatic heterocycles. The highest BCUT2D eigenvalue weighted by Crippen LogP contribution is 2.29. The van der Waals surface area contributed by atoms with E-state index in [0.717, 1.165) is 0 Å². The van der Waals surface area contributed by atoms with Gasteiger partial charge in [-0.3, -0.25) is 10.1 Å². The van der Waals surface area contributed by atoms with Crippen LogP contribution in [0.5, 0.6) is 11.5 Å². The van der Waals surface area contributed by atoms with Gasteiger partial charge in [0.05, 0.1) is 17.6 Å². The summed E-state index contributed by atoms with van der Waals surface area (Å²) in [5, 5.41) is 29.6. The zero-order valence-electron chi connectivity index (χ0n) is 12.1. The molecule has 0 atom stereocenters. The van der Waals surface area contributed by atoms with E-state index < -0.39 is 10.9 Å². The molecule has 0 fully saturated rings. The van der Waals surface area contributed by atoms with E-state index in [1.165, 1.54) is 55.7 Å². The molecule has 0 heterocycles. The van der Waals surface area contributed by atoms with Gasteiger partial charge in [-0.1, -0.05) is 6.07 Å². The highest BCUT2D eigenvalue weighted by molar-refractivity contribution is 6.20. The molecule has 0 unspecified atom stereocenters. The fraction of sp³-hybridized carbons (Fsp3) is 0.0625. The molecule has 0 bridgehead atoms. The smallest absolute Gasteiger partial charge is 0.336 e. The number of nitrogens with zero attached hydrogens (tertiary/aromatic N) is 1. The lowest BCUT2D eigenvalue weighted by Gasteiger charge is -2.06. The number of hydrogen-bond acceptors (Lipinski definition) is 5. The second-order valence-corrected chi connectivity index (χ2v) is 4.60. The summed E-state index contributed by atoms with van der Waals surface area (Å²) in [6.45, 7) is 0. The minimum atomic E-state index is -1.18. The van der Waals surface area contributed by atoms with Crippen LogP contribution in [0.4, 0.5) is 5.69 Å². The third-order valence-electron chi connectivity index (χ3n) is 3.13. The van der Waals surface area contributed by atoms with Crippen molar-refractivity contribution in [3.8, 4) is 11.5 Å². The molecule has 2 rings (SSSR count). The van der Waals surface area contributed by atoms with Crippen molar-refractivity contribution >= 4 is 23.3 Å². The molecule has 118 valence electrons. The summed E-state index contributed by atoms with van der Waals surface area (Å²) >= 11 is 0. The van der Waals surface area contributed by atoms with Gasteiger partial charge in [-0.25, -0.2) is 4.79 Å². The average molecular weight is 315 g/mol. The number of aliphatic carboxylic acids is 1. The normalized spacial score (nSPS) is 11.1. The number of ether oxygens (including phenoxy) is 1. The molecule has 0 radical (unpaired) electrons. The molecule has 23 heavy (non-hydrogen) atoms. The van der Waals surface area contributed by atoms with Crippen molar-refractivity contribution in [2.45, 2.75) is 0 Å². The highest BCUT2D eigenvalue weighted by atomic mass is 16.6. The van der Waals surface area contributed by atoms with Crippen LogP contribution in [0.2, 0.25) is 0 Å². The van der Waals surface area contributed by atoms with Crippen LogP contribution in [0, 0.1) is 10.1 Å². The van der Waals surface area contributed by atoms with E-state index in [9.17, 15) is 25.1 Å². The van der Waals surface area contributed by atoms with Gasteiger partial charge >= 0.3 is 5.97 Å². The Morgan fingerprint density at radius 1 is 1.22 bits per heavy atom. The SMILES string of the molecule is COc1cc(/C=C(\C(=O)O)c2ccc([N+](=O)[O-])cc2)ccc1O. The number of hydrogen-bond donors (Lipinski definition) is 2. The van der Waals surface area contributed by atoms with Gasteiger partial charge in [0, 0.05) is 12.1 Å². The molecular weight excluding hydrogens is 302 g/mol. The van der Waals surface area contributed by atoms with Crippen LogP contribution in [0.15, 0.2) is 42.5 Å². The van der Waals surface area contributed by atoms with Gasteiger partial charge in [0.15, 0.2) is 11.5 Å². The van der Waals surface area contributed by atoms with Crippen molar-refractivity contribution in [2.75, 3.05) is 7.11 Å². The maximum Gasteiger partial charge on any atom is 0.336 e. The van der Waals surface area contributed by atoms with Crippen molar-refractivity contribution in [3.05, 3.63) is 63.7 Å². The minimum absolute atomic E-state index is 0.0346. The summed E-state index contributed by atoms with van der Waals surface area (Å²) < 4.78 is 4.97. The first-order valence-corrected chi connectivity index (χ1v) is 6.49. The lowest BCUT2D eigenvalue weighted by atomic mass is 10.0. The van der Waals surface area contributed by atoms with E-state index >= 15 is 0 Å². The first kappa shape index (κ1) is 16.0. The molecule has 2 N–H and O–H groups in total. The van der Waals surface area contributed by atoms with Gasteiger partial charge in [-0.05, 0) is 41.5 Å². The van der Waals surface area contributed by atoms with Gasteiger partial charge < -0.3 is 14.9 Å². The number of benzene rings is 2. The Morgan fingerprint density at radius 2 is 1.87 bits per heavy atom. The molecule has 0 saturated carbocycles. The van der Waals surface area contributed by atoms with Crippen molar-refractivity contribution in [1.29, 1.82) is 0 Å². The average Bonchev–Trinajstić information content (AvgIpc) is 2.53. The lowest BCUT2D eigenvalue weighted by molar-refractivity contribution is -0.384. The number of rotatable bonds is 5. The molecule has 7 heteroatoms. The van der Waals surface area contributed by atoms with Crippen LogP contribution in [0.3, 0.4) is 0 Å². The molecule has 0 aromatic heterocycles. The van der Waals surface area contributed by atoms with E-state index in [1.54, 1.807) is 0 Å². The number of phenolic OH excluding ortho intramolecular Hbond substituents is 1. The summed E-state index contributed by atoms with van der Waals surface area (Å²) in [6, 6.07) is 9.63. The third-order valence-corrected chi connectivity index (χ3v) is 3.13. The third kappa shape index (κ3) is 3.65. The van der Waals surface area contributed by atoms with Gasteiger partial charge in [0.2, 0.25) is 0 Å². The Kier molecular flexibility index (Phi) is 4.61. The summed E-state index contributed by atoms with van der Waals surface area (Å²) in [4.78, 5) is 21.6. The molecule has 0 saturated heterocycles. The molecule has 2 aromatic rings. The second-order valence-electron chi connectivity index (χ2n) is 4.60. The van der Waals surface area contributed by atoms with Crippen molar-refractivity contribution in [3.63, 3.8) is 0 Å². The zero-order valence-corrected chi connectivity index (χ0v) is 12.1. The van der Waals surface area contributed by atoms with Gasteiger partial charge in [0.1, 0.15) is 0 Å². The number of nitro benzene ring substituents is 1. The number of aromatic hydroxyl groups is 1. The van der Waals surface area contributed by atoms with Crippen LogP contribution < -0.4 is 4.74 Å². The lowest BCUT2D eigenvalue weighted by Crippen LogP contribution is -2.00. The number of nitro groups is 1. The Bertz CT molecular complexity index is 780. The molecular formula is C16H13NO6. The van der Waals surface area contributed by atoms with E-state index in [1.807, 2.05) is 0 Å². The van der Waals surface area contributed by atoms with Crippen LogP contribution in [0.25, 0.3) is 11.6 Å². The molecule has 2 aromatic carbocycles. The number of carboxylic acid groups (broad SMARTS) is 1. The van der Waals surface area contributed by atoms with Crippen LogP contribution in [-0.4, -0.2) is 28.2 Å².